The Hall–Kier alpha value is -3.22. The van der Waals surface area contributed by atoms with E-state index in [9.17, 15) is 13.6 Å². The Labute approximate surface area is 154 Å². The molecular formula is C20H17F2NO4. The van der Waals surface area contributed by atoms with E-state index in [0.29, 0.717) is 17.0 Å². The van der Waals surface area contributed by atoms with E-state index in [1.165, 1.54) is 0 Å². The zero-order valence-electron chi connectivity index (χ0n) is 14.5. The zero-order chi connectivity index (χ0) is 19.4. The monoisotopic (exact) mass is 373 g/mol. The highest BCUT2D eigenvalue weighted by Gasteiger charge is 2.18. The maximum atomic E-state index is 14.2. The highest BCUT2D eigenvalue weighted by atomic mass is 19.1. The van der Waals surface area contributed by atoms with E-state index in [0.717, 1.165) is 17.7 Å². The van der Waals surface area contributed by atoms with E-state index in [1.807, 2.05) is 30.3 Å². The summed E-state index contributed by atoms with van der Waals surface area (Å²) in [6.07, 6.45) is -0.175. The van der Waals surface area contributed by atoms with E-state index in [-0.39, 0.29) is 25.0 Å². The minimum Gasteiger partial charge on any atom is -0.483 e. The van der Waals surface area contributed by atoms with Crippen molar-refractivity contribution in [2.45, 2.75) is 26.4 Å². The summed E-state index contributed by atoms with van der Waals surface area (Å²) in [7, 11) is 0. The molecule has 0 atom stereocenters. The van der Waals surface area contributed by atoms with Crippen LogP contribution in [0.15, 0.2) is 47.0 Å². The molecule has 0 saturated heterocycles. The van der Waals surface area contributed by atoms with Gasteiger partial charge in [-0.15, -0.1) is 0 Å². The van der Waals surface area contributed by atoms with Gasteiger partial charge in [-0.2, -0.15) is 0 Å². The molecule has 140 valence electrons. The number of carbonyl (C=O) groups is 1. The summed E-state index contributed by atoms with van der Waals surface area (Å²) in [5, 5.41) is 12.6. The first-order valence-corrected chi connectivity index (χ1v) is 8.28. The number of aromatic nitrogens is 1. The number of halogens is 2. The minimum absolute atomic E-state index is 0.0341. The topological polar surface area (TPSA) is 72.6 Å². The number of carboxylic acid groups (broad SMARTS) is 1. The lowest BCUT2D eigenvalue weighted by Crippen LogP contribution is -2.04. The van der Waals surface area contributed by atoms with Crippen molar-refractivity contribution in [1.29, 1.82) is 0 Å². The van der Waals surface area contributed by atoms with Gasteiger partial charge in [0.05, 0.1) is 11.3 Å². The molecule has 0 fully saturated rings. The maximum Gasteiger partial charge on any atom is 0.303 e. The quantitative estimate of drug-likeness (QED) is 0.659. The molecule has 3 aromatic rings. The molecule has 0 aliphatic carbocycles. The van der Waals surface area contributed by atoms with Crippen molar-refractivity contribution in [1.82, 2.24) is 5.16 Å². The molecule has 0 unspecified atom stereocenters. The lowest BCUT2D eigenvalue weighted by molar-refractivity contribution is -0.136. The van der Waals surface area contributed by atoms with Gasteiger partial charge in [0.1, 0.15) is 6.61 Å². The van der Waals surface area contributed by atoms with Gasteiger partial charge in [-0.25, -0.2) is 8.78 Å². The molecule has 5 nitrogen and oxygen atoms in total. The molecule has 0 amide bonds. The lowest BCUT2D eigenvalue weighted by Gasteiger charge is -2.10. The molecule has 2 aromatic carbocycles. The summed E-state index contributed by atoms with van der Waals surface area (Å²) < 4.78 is 39.2. The molecule has 3 rings (SSSR count). The number of hydrogen-bond donors (Lipinski definition) is 1. The Morgan fingerprint density at radius 2 is 1.85 bits per heavy atom. The second-order valence-electron chi connectivity index (χ2n) is 6.01. The third kappa shape index (κ3) is 4.31. The normalized spacial score (nSPS) is 10.8. The first kappa shape index (κ1) is 18.6. The average molecular weight is 373 g/mol. The van der Waals surface area contributed by atoms with Gasteiger partial charge in [-0.3, -0.25) is 4.79 Å². The van der Waals surface area contributed by atoms with Crippen LogP contribution in [0.5, 0.6) is 5.75 Å². The van der Waals surface area contributed by atoms with Gasteiger partial charge in [0.25, 0.3) is 0 Å². The molecule has 1 heterocycles. The Morgan fingerprint density at radius 1 is 1.19 bits per heavy atom. The van der Waals surface area contributed by atoms with Crippen molar-refractivity contribution in [2.75, 3.05) is 0 Å². The van der Waals surface area contributed by atoms with Crippen LogP contribution >= 0.6 is 0 Å². The van der Waals surface area contributed by atoms with Crippen molar-refractivity contribution < 1.29 is 27.9 Å². The van der Waals surface area contributed by atoms with Crippen LogP contribution in [0.1, 0.15) is 23.2 Å². The number of hydrogen-bond acceptors (Lipinski definition) is 4. The highest BCUT2D eigenvalue weighted by Crippen LogP contribution is 2.29. The number of rotatable bonds is 7. The highest BCUT2D eigenvalue weighted by molar-refractivity contribution is 5.67. The Kier molecular flexibility index (Phi) is 5.49. The van der Waals surface area contributed by atoms with Crippen LogP contribution in [-0.4, -0.2) is 16.2 Å². The van der Waals surface area contributed by atoms with Gasteiger partial charge in [0, 0.05) is 12.0 Å². The van der Waals surface area contributed by atoms with Crippen LogP contribution in [-0.2, 0) is 17.8 Å². The smallest absolute Gasteiger partial charge is 0.303 e. The van der Waals surface area contributed by atoms with Gasteiger partial charge in [0.2, 0.25) is 0 Å². The molecule has 7 heteroatoms. The SMILES string of the molecule is Cc1noc(-c2ccccc2)c1COc1c(F)cc(CCC(=O)O)cc1F. The summed E-state index contributed by atoms with van der Waals surface area (Å²) in [5.74, 6) is -2.84. The number of nitrogens with zero attached hydrogens (tertiary/aromatic N) is 1. The zero-order valence-corrected chi connectivity index (χ0v) is 14.5. The summed E-state index contributed by atoms with van der Waals surface area (Å²) in [4.78, 5) is 10.6. The van der Waals surface area contributed by atoms with Crippen molar-refractivity contribution in [3.63, 3.8) is 0 Å². The summed E-state index contributed by atoms with van der Waals surface area (Å²) in [6, 6.07) is 11.4. The van der Waals surface area contributed by atoms with Crippen LogP contribution in [0, 0.1) is 18.6 Å². The molecule has 0 aliphatic heterocycles. The number of carboxylic acids is 1. The summed E-state index contributed by atoms with van der Waals surface area (Å²) in [5.41, 5.74) is 2.19. The van der Waals surface area contributed by atoms with E-state index in [4.69, 9.17) is 14.4 Å². The maximum absolute atomic E-state index is 14.2. The average Bonchev–Trinajstić information content (AvgIpc) is 3.01. The van der Waals surface area contributed by atoms with E-state index in [2.05, 4.69) is 5.16 Å². The Morgan fingerprint density at radius 3 is 2.48 bits per heavy atom. The van der Waals surface area contributed by atoms with Gasteiger partial charge in [0.15, 0.2) is 23.1 Å². The largest absolute Gasteiger partial charge is 0.483 e. The van der Waals surface area contributed by atoms with Crippen LogP contribution in [0.2, 0.25) is 0 Å². The third-order valence-corrected chi connectivity index (χ3v) is 4.07. The van der Waals surface area contributed by atoms with Crippen molar-refractivity contribution >= 4 is 5.97 Å². The molecule has 0 aliphatic rings. The molecule has 0 bridgehead atoms. The van der Waals surface area contributed by atoms with Crippen LogP contribution in [0.4, 0.5) is 8.78 Å². The van der Waals surface area contributed by atoms with Gasteiger partial charge in [-0.1, -0.05) is 35.5 Å². The Bertz CT molecular complexity index is 931. The standard InChI is InChI=1S/C20H17F2NO4/c1-12-15(19(27-23-12)14-5-3-2-4-6-14)11-26-20-16(21)9-13(10-17(20)22)7-8-18(24)25/h2-6,9-10H,7-8,11H2,1H3,(H,24,25). The lowest BCUT2D eigenvalue weighted by atomic mass is 10.1. The molecular weight excluding hydrogens is 356 g/mol. The predicted octanol–water partition coefficient (Wildman–Crippen LogP) is 4.52. The van der Waals surface area contributed by atoms with Crippen LogP contribution < -0.4 is 4.74 Å². The van der Waals surface area contributed by atoms with E-state index in [1.54, 1.807) is 6.92 Å². The van der Waals surface area contributed by atoms with Crippen LogP contribution in [0.25, 0.3) is 11.3 Å². The second-order valence-corrected chi connectivity index (χ2v) is 6.01. The molecule has 1 N–H and O–H groups in total. The number of ether oxygens (including phenoxy) is 1. The fraction of sp³-hybridized carbons (Fsp3) is 0.200. The molecule has 0 saturated carbocycles. The Balaban J connectivity index is 1.80. The molecule has 0 radical (unpaired) electrons. The number of aliphatic carboxylic acids is 1. The van der Waals surface area contributed by atoms with E-state index >= 15 is 0 Å². The number of aryl methyl sites for hydroxylation is 2. The van der Waals surface area contributed by atoms with Gasteiger partial charge >= 0.3 is 5.97 Å². The molecule has 27 heavy (non-hydrogen) atoms. The molecule has 0 spiro atoms. The fourth-order valence-corrected chi connectivity index (χ4v) is 2.67. The van der Waals surface area contributed by atoms with Crippen molar-refractivity contribution in [3.05, 3.63) is 70.9 Å². The predicted molar refractivity (Wildman–Crippen MR) is 93.3 cm³/mol. The van der Waals surface area contributed by atoms with Crippen molar-refractivity contribution in [3.8, 4) is 17.1 Å². The van der Waals surface area contributed by atoms with Crippen molar-refractivity contribution in [2.24, 2.45) is 0 Å². The fourth-order valence-electron chi connectivity index (χ4n) is 2.67. The van der Waals surface area contributed by atoms with E-state index < -0.39 is 23.4 Å². The first-order valence-electron chi connectivity index (χ1n) is 8.28. The van der Waals surface area contributed by atoms with Crippen LogP contribution in [0.3, 0.4) is 0 Å². The van der Waals surface area contributed by atoms with Gasteiger partial charge in [-0.05, 0) is 31.0 Å². The molecule has 1 aromatic heterocycles. The number of benzene rings is 2. The second kappa shape index (κ2) is 7.99. The first-order chi connectivity index (χ1) is 13.0. The third-order valence-electron chi connectivity index (χ3n) is 4.07. The minimum atomic E-state index is -1.03. The summed E-state index contributed by atoms with van der Waals surface area (Å²) >= 11 is 0. The summed E-state index contributed by atoms with van der Waals surface area (Å²) in [6.45, 7) is 1.60. The van der Waals surface area contributed by atoms with Gasteiger partial charge < -0.3 is 14.4 Å².